The molecule has 0 bridgehead atoms. The largest absolute Gasteiger partial charge is 0.491 e. The lowest BCUT2D eigenvalue weighted by molar-refractivity contribution is 0.0926. The fourth-order valence-corrected chi connectivity index (χ4v) is 4.06. The lowest BCUT2D eigenvalue weighted by atomic mass is 10.2. The first-order valence-electron chi connectivity index (χ1n) is 9.50. The van der Waals surface area contributed by atoms with E-state index < -0.39 is 10.0 Å². The van der Waals surface area contributed by atoms with E-state index in [1.807, 2.05) is 43.3 Å². The van der Waals surface area contributed by atoms with Crippen molar-refractivity contribution in [2.45, 2.75) is 17.9 Å². The SMILES string of the molecule is CC(COc1ccccc1)NC(=O)c1cccc(S(=O)(=O)N(C)c2ccccc2)c1. The summed E-state index contributed by atoms with van der Waals surface area (Å²) in [5, 5.41) is 2.83. The number of hydrogen-bond acceptors (Lipinski definition) is 4. The summed E-state index contributed by atoms with van der Waals surface area (Å²) in [6.45, 7) is 2.12. The molecule has 156 valence electrons. The molecule has 1 N–H and O–H groups in total. The molecule has 0 aromatic heterocycles. The molecular formula is C23H24N2O4S. The Morgan fingerprint density at radius 2 is 1.60 bits per heavy atom. The number of rotatable bonds is 8. The summed E-state index contributed by atoms with van der Waals surface area (Å²) in [7, 11) is -2.31. The van der Waals surface area contributed by atoms with Crippen LogP contribution in [0.3, 0.4) is 0 Å². The van der Waals surface area contributed by atoms with Crippen LogP contribution in [0.5, 0.6) is 5.75 Å². The highest BCUT2D eigenvalue weighted by molar-refractivity contribution is 7.92. The van der Waals surface area contributed by atoms with E-state index in [1.165, 1.54) is 23.5 Å². The Hall–Kier alpha value is -3.32. The van der Waals surface area contributed by atoms with Gasteiger partial charge in [-0.15, -0.1) is 0 Å². The predicted molar refractivity (Wildman–Crippen MR) is 117 cm³/mol. The third-order valence-electron chi connectivity index (χ3n) is 4.50. The van der Waals surface area contributed by atoms with Crippen LogP contribution in [0, 0.1) is 0 Å². The van der Waals surface area contributed by atoms with E-state index >= 15 is 0 Å². The average molecular weight is 425 g/mol. The summed E-state index contributed by atoms with van der Waals surface area (Å²) < 4.78 is 32.8. The summed E-state index contributed by atoms with van der Waals surface area (Å²) in [6.07, 6.45) is 0. The predicted octanol–water partition coefficient (Wildman–Crippen LogP) is 3.71. The highest BCUT2D eigenvalue weighted by atomic mass is 32.2. The molecule has 1 atom stereocenters. The molecule has 0 fully saturated rings. The van der Waals surface area contributed by atoms with E-state index in [9.17, 15) is 13.2 Å². The topological polar surface area (TPSA) is 75.7 Å². The lowest BCUT2D eigenvalue weighted by Crippen LogP contribution is -2.37. The Kier molecular flexibility index (Phi) is 6.74. The van der Waals surface area contributed by atoms with E-state index in [-0.39, 0.29) is 22.4 Å². The molecule has 0 aliphatic carbocycles. The van der Waals surface area contributed by atoms with Crippen LogP contribution in [0.15, 0.2) is 89.8 Å². The fraction of sp³-hybridized carbons (Fsp3) is 0.174. The average Bonchev–Trinajstić information content (AvgIpc) is 2.78. The van der Waals surface area contributed by atoms with Gasteiger partial charge in [-0.05, 0) is 49.4 Å². The van der Waals surface area contributed by atoms with Gasteiger partial charge in [0.15, 0.2) is 0 Å². The van der Waals surface area contributed by atoms with Crippen LogP contribution in [0.4, 0.5) is 5.69 Å². The number of sulfonamides is 1. The third kappa shape index (κ3) is 5.18. The van der Waals surface area contributed by atoms with Crippen molar-refractivity contribution < 1.29 is 17.9 Å². The smallest absolute Gasteiger partial charge is 0.264 e. The second kappa shape index (κ2) is 9.45. The first-order valence-corrected chi connectivity index (χ1v) is 10.9. The van der Waals surface area contributed by atoms with Gasteiger partial charge >= 0.3 is 0 Å². The van der Waals surface area contributed by atoms with Crippen LogP contribution in [-0.2, 0) is 10.0 Å². The van der Waals surface area contributed by atoms with Crippen molar-refractivity contribution in [3.63, 3.8) is 0 Å². The minimum atomic E-state index is -3.79. The van der Waals surface area contributed by atoms with Gasteiger partial charge in [-0.1, -0.05) is 42.5 Å². The van der Waals surface area contributed by atoms with Gasteiger partial charge in [0.05, 0.1) is 16.6 Å². The number of nitrogens with one attached hydrogen (secondary N) is 1. The first-order chi connectivity index (χ1) is 14.4. The monoisotopic (exact) mass is 424 g/mol. The molecule has 7 heteroatoms. The van der Waals surface area contributed by atoms with Crippen molar-refractivity contribution in [2.75, 3.05) is 18.0 Å². The Morgan fingerprint density at radius 3 is 2.27 bits per heavy atom. The van der Waals surface area contributed by atoms with Crippen molar-refractivity contribution in [1.82, 2.24) is 5.32 Å². The maximum Gasteiger partial charge on any atom is 0.264 e. The molecule has 6 nitrogen and oxygen atoms in total. The zero-order valence-electron chi connectivity index (χ0n) is 16.9. The molecule has 0 aliphatic rings. The molecule has 30 heavy (non-hydrogen) atoms. The van der Waals surface area contributed by atoms with E-state index in [0.717, 1.165) is 5.75 Å². The normalized spacial score (nSPS) is 12.1. The molecule has 3 aromatic rings. The number of para-hydroxylation sites is 2. The molecule has 3 rings (SSSR count). The zero-order chi connectivity index (χ0) is 21.6. The minimum Gasteiger partial charge on any atom is -0.491 e. The highest BCUT2D eigenvalue weighted by Gasteiger charge is 2.22. The Bertz CT molecular complexity index is 1090. The molecule has 0 saturated carbocycles. The third-order valence-corrected chi connectivity index (χ3v) is 6.28. The van der Waals surface area contributed by atoms with Crippen LogP contribution in [-0.4, -0.2) is 34.0 Å². The van der Waals surface area contributed by atoms with Gasteiger partial charge in [-0.3, -0.25) is 9.10 Å². The van der Waals surface area contributed by atoms with Gasteiger partial charge in [0.2, 0.25) is 0 Å². The highest BCUT2D eigenvalue weighted by Crippen LogP contribution is 2.22. The Morgan fingerprint density at radius 1 is 0.967 bits per heavy atom. The number of anilines is 1. The van der Waals surface area contributed by atoms with Gasteiger partial charge < -0.3 is 10.1 Å². The maximum absolute atomic E-state index is 13.0. The van der Waals surface area contributed by atoms with Crippen molar-refractivity contribution >= 4 is 21.6 Å². The summed E-state index contributed by atoms with van der Waals surface area (Å²) in [4.78, 5) is 12.7. The van der Waals surface area contributed by atoms with Crippen LogP contribution in [0.1, 0.15) is 17.3 Å². The second-order valence-electron chi connectivity index (χ2n) is 6.83. The van der Waals surface area contributed by atoms with Crippen molar-refractivity contribution in [3.8, 4) is 5.75 Å². The van der Waals surface area contributed by atoms with Crippen LogP contribution < -0.4 is 14.4 Å². The van der Waals surface area contributed by atoms with Gasteiger partial charge in [0.25, 0.3) is 15.9 Å². The Labute approximate surface area is 177 Å². The van der Waals surface area contributed by atoms with Crippen molar-refractivity contribution in [1.29, 1.82) is 0 Å². The molecule has 1 amide bonds. The molecule has 0 spiro atoms. The summed E-state index contributed by atoms with van der Waals surface area (Å²) in [6, 6.07) is 23.8. The maximum atomic E-state index is 13.0. The van der Waals surface area contributed by atoms with Crippen LogP contribution in [0.2, 0.25) is 0 Å². The molecular weight excluding hydrogens is 400 g/mol. The Balaban J connectivity index is 1.69. The van der Waals surface area contributed by atoms with Gasteiger partial charge in [0.1, 0.15) is 12.4 Å². The molecule has 0 saturated heterocycles. The summed E-state index contributed by atoms with van der Waals surface area (Å²) >= 11 is 0. The van der Waals surface area contributed by atoms with Crippen molar-refractivity contribution in [2.24, 2.45) is 0 Å². The van der Waals surface area contributed by atoms with Gasteiger partial charge in [-0.25, -0.2) is 8.42 Å². The summed E-state index contributed by atoms with van der Waals surface area (Å²) in [5.41, 5.74) is 0.808. The fourth-order valence-electron chi connectivity index (χ4n) is 2.82. The van der Waals surface area contributed by atoms with Crippen LogP contribution in [0.25, 0.3) is 0 Å². The second-order valence-corrected chi connectivity index (χ2v) is 8.80. The lowest BCUT2D eigenvalue weighted by Gasteiger charge is -2.20. The number of carbonyl (C=O) groups excluding carboxylic acids is 1. The van der Waals surface area contributed by atoms with E-state index in [2.05, 4.69) is 5.32 Å². The van der Waals surface area contributed by atoms with Crippen molar-refractivity contribution in [3.05, 3.63) is 90.5 Å². The number of nitrogens with zero attached hydrogens (tertiary/aromatic N) is 1. The molecule has 3 aromatic carbocycles. The van der Waals surface area contributed by atoms with E-state index in [1.54, 1.807) is 36.4 Å². The first kappa shape index (κ1) is 21.4. The number of carbonyl (C=O) groups is 1. The zero-order valence-corrected chi connectivity index (χ0v) is 17.7. The van der Waals surface area contributed by atoms with E-state index in [0.29, 0.717) is 12.3 Å². The number of ether oxygens (including phenoxy) is 1. The number of benzene rings is 3. The number of amides is 1. The number of hydrogen-bond donors (Lipinski definition) is 1. The summed E-state index contributed by atoms with van der Waals surface area (Å²) in [5.74, 6) is 0.356. The molecule has 0 aliphatic heterocycles. The molecule has 0 radical (unpaired) electrons. The minimum absolute atomic E-state index is 0.0506. The molecule has 1 unspecified atom stereocenters. The molecule has 0 heterocycles. The van der Waals surface area contributed by atoms with Crippen LogP contribution >= 0.6 is 0 Å². The van der Waals surface area contributed by atoms with E-state index in [4.69, 9.17) is 4.74 Å². The van der Waals surface area contributed by atoms with Gasteiger partial charge in [0, 0.05) is 12.6 Å². The van der Waals surface area contributed by atoms with Gasteiger partial charge in [-0.2, -0.15) is 0 Å². The standard InChI is InChI=1S/C23H24N2O4S/c1-18(17-29-21-13-7-4-8-14-21)24-23(26)19-10-9-15-22(16-19)30(27,28)25(2)20-11-5-3-6-12-20/h3-16,18H,17H2,1-2H3,(H,24,26). The quantitative estimate of drug-likeness (QED) is 0.598.